The van der Waals surface area contributed by atoms with E-state index in [4.69, 9.17) is 4.74 Å². The van der Waals surface area contributed by atoms with Gasteiger partial charge in [0, 0.05) is 49.9 Å². The van der Waals surface area contributed by atoms with Crippen LogP contribution in [0.5, 0.6) is 0 Å². The topological polar surface area (TPSA) is 66.7 Å². The molecule has 1 aliphatic rings. The fourth-order valence-corrected chi connectivity index (χ4v) is 4.23. The zero-order valence-electron chi connectivity index (χ0n) is 17.1. The van der Waals surface area contributed by atoms with Gasteiger partial charge in [-0.15, -0.1) is 11.3 Å². The molecule has 2 N–H and O–H groups in total. The highest BCUT2D eigenvalue weighted by atomic mass is 32.1. The third-order valence-electron chi connectivity index (χ3n) is 4.75. The molecule has 0 aromatic carbocycles. The minimum absolute atomic E-state index is 0.0465. The van der Waals surface area contributed by atoms with Gasteiger partial charge in [0.05, 0.1) is 25.8 Å². The number of nitrogens with one attached hydrogen (secondary N) is 2. The third-order valence-corrected chi connectivity index (χ3v) is 5.72. The van der Waals surface area contributed by atoms with E-state index in [1.165, 1.54) is 22.8 Å². The number of hydrogen-bond donors (Lipinski definition) is 2. The van der Waals surface area contributed by atoms with E-state index in [-0.39, 0.29) is 18.2 Å². The van der Waals surface area contributed by atoms with Crippen LogP contribution in [-0.4, -0.2) is 60.0 Å². The second-order valence-corrected chi connectivity index (χ2v) is 7.91. The summed E-state index contributed by atoms with van der Waals surface area (Å²) in [5.74, 6) is 0.476. The fourth-order valence-electron chi connectivity index (χ4n) is 3.37. The molecule has 0 saturated carbocycles. The highest BCUT2D eigenvalue weighted by Gasteiger charge is 2.36. The first-order valence-electron chi connectivity index (χ1n) is 9.85. The summed E-state index contributed by atoms with van der Waals surface area (Å²) in [4.78, 5) is 7.96. The molecule has 2 aromatic heterocycles. The van der Waals surface area contributed by atoms with E-state index in [0.717, 1.165) is 13.1 Å². The molecule has 0 bridgehead atoms. The van der Waals surface area contributed by atoms with E-state index in [9.17, 15) is 13.2 Å². The standard InChI is InChI=1S/C19H27F3N6OS/c1-3-23-18(24-11-14-13-27(2)26-17(14)19(20,21)22)25-12-15(16-5-4-10-30-16)28-6-8-29-9-7-28/h4-5,10,13,15H,3,6-9,11-12H2,1-2H3,(H2,23,24,25). The van der Waals surface area contributed by atoms with Gasteiger partial charge in [-0.05, 0) is 18.4 Å². The Morgan fingerprint density at radius 2 is 2.10 bits per heavy atom. The molecule has 3 heterocycles. The number of aromatic nitrogens is 2. The van der Waals surface area contributed by atoms with Gasteiger partial charge >= 0.3 is 6.18 Å². The molecule has 0 aliphatic carbocycles. The fraction of sp³-hybridized carbons (Fsp3) is 0.579. The number of thiophene rings is 1. The molecule has 30 heavy (non-hydrogen) atoms. The number of aryl methyl sites for hydroxylation is 1. The number of morpholine rings is 1. The van der Waals surface area contributed by atoms with E-state index in [1.54, 1.807) is 11.3 Å². The number of rotatable bonds is 7. The Morgan fingerprint density at radius 3 is 2.73 bits per heavy atom. The molecule has 0 spiro atoms. The summed E-state index contributed by atoms with van der Waals surface area (Å²) in [5.41, 5.74) is -0.848. The van der Waals surface area contributed by atoms with Crippen molar-refractivity contribution in [2.24, 2.45) is 12.0 Å². The summed E-state index contributed by atoms with van der Waals surface area (Å²) in [6.07, 6.45) is -3.14. The van der Waals surface area contributed by atoms with Gasteiger partial charge < -0.3 is 15.4 Å². The Bertz CT molecular complexity index is 815. The molecule has 1 saturated heterocycles. The smallest absolute Gasteiger partial charge is 0.379 e. The summed E-state index contributed by atoms with van der Waals surface area (Å²) < 4.78 is 46.2. The van der Waals surface area contributed by atoms with Crippen molar-refractivity contribution < 1.29 is 17.9 Å². The lowest BCUT2D eigenvalue weighted by molar-refractivity contribution is -0.142. The van der Waals surface area contributed by atoms with Gasteiger partial charge in [-0.25, -0.2) is 4.99 Å². The van der Waals surface area contributed by atoms with Crippen LogP contribution in [0.4, 0.5) is 13.2 Å². The van der Waals surface area contributed by atoms with Crippen molar-refractivity contribution >= 4 is 17.3 Å². The van der Waals surface area contributed by atoms with E-state index in [2.05, 4.69) is 31.7 Å². The average Bonchev–Trinajstić information content (AvgIpc) is 3.36. The predicted octanol–water partition coefficient (Wildman–Crippen LogP) is 2.63. The number of alkyl halides is 3. The SMILES string of the molecule is CCNC(=NCc1cn(C)nc1C(F)(F)F)NCC(c1cccs1)N1CCOCC1. The number of aliphatic imine (C=N–C) groups is 1. The lowest BCUT2D eigenvalue weighted by Crippen LogP contribution is -2.46. The number of hydrogen-bond acceptors (Lipinski definition) is 5. The highest BCUT2D eigenvalue weighted by Crippen LogP contribution is 2.31. The second-order valence-electron chi connectivity index (χ2n) is 6.93. The van der Waals surface area contributed by atoms with Gasteiger partial charge in [0.15, 0.2) is 11.7 Å². The number of nitrogens with zero attached hydrogens (tertiary/aromatic N) is 4. The maximum atomic E-state index is 13.2. The van der Waals surface area contributed by atoms with E-state index in [1.807, 2.05) is 18.4 Å². The first-order chi connectivity index (χ1) is 14.4. The molecule has 0 radical (unpaired) electrons. The van der Waals surface area contributed by atoms with E-state index in [0.29, 0.717) is 32.3 Å². The van der Waals surface area contributed by atoms with Gasteiger partial charge in [0.25, 0.3) is 0 Å². The van der Waals surface area contributed by atoms with Crippen LogP contribution in [0.1, 0.15) is 29.1 Å². The zero-order chi connectivity index (χ0) is 21.6. The summed E-state index contributed by atoms with van der Waals surface area (Å²) in [6.45, 7) is 6.05. The van der Waals surface area contributed by atoms with Crippen molar-refractivity contribution in [1.82, 2.24) is 25.3 Å². The molecule has 0 amide bonds. The van der Waals surface area contributed by atoms with Crippen LogP contribution in [0, 0.1) is 0 Å². The molecule has 1 fully saturated rings. The normalized spacial score (nSPS) is 17.2. The van der Waals surface area contributed by atoms with Crippen molar-refractivity contribution in [2.45, 2.75) is 25.7 Å². The summed E-state index contributed by atoms with van der Waals surface area (Å²) in [7, 11) is 1.47. The molecule has 1 aliphatic heterocycles. The Hall–Kier alpha value is -2.11. The Balaban J connectivity index is 1.71. The van der Waals surface area contributed by atoms with Crippen LogP contribution in [0.2, 0.25) is 0 Å². The lowest BCUT2D eigenvalue weighted by Gasteiger charge is -2.34. The van der Waals surface area contributed by atoms with E-state index >= 15 is 0 Å². The van der Waals surface area contributed by atoms with Crippen LogP contribution in [-0.2, 0) is 24.5 Å². The first-order valence-corrected chi connectivity index (χ1v) is 10.7. The minimum atomic E-state index is -4.50. The third kappa shape index (κ3) is 5.96. The maximum absolute atomic E-state index is 13.2. The molecule has 3 rings (SSSR count). The highest BCUT2D eigenvalue weighted by molar-refractivity contribution is 7.10. The quantitative estimate of drug-likeness (QED) is 0.508. The molecule has 166 valence electrons. The summed E-state index contributed by atoms with van der Waals surface area (Å²) in [6, 6.07) is 4.26. The molecule has 1 atom stereocenters. The van der Waals surface area contributed by atoms with Gasteiger partial charge in [-0.2, -0.15) is 18.3 Å². The Kier molecular flexibility index (Phi) is 7.73. The van der Waals surface area contributed by atoms with E-state index < -0.39 is 11.9 Å². The van der Waals surface area contributed by atoms with Crippen molar-refractivity contribution in [3.63, 3.8) is 0 Å². The Labute approximate surface area is 177 Å². The monoisotopic (exact) mass is 444 g/mol. The van der Waals surface area contributed by atoms with Crippen LogP contribution < -0.4 is 10.6 Å². The molecule has 1 unspecified atom stereocenters. The van der Waals surface area contributed by atoms with Gasteiger partial charge in [0.2, 0.25) is 0 Å². The molecular weight excluding hydrogens is 417 g/mol. The van der Waals surface area contributed by atoms with Crippen molar-refractivity contribution in [1.29, 1.82) is 0 Å². The maximum Gasteiger partial charge on any atom is 0.435 e. The van der Waals surface area contributed by atoms with Crippen LogP contribution in [0.3, 0.4) is 0 Å². The number of guanidine groups is 1. The van der Waals surface area contributed by atoms with Gasteiger partial charge in [0.1, 0.15) is 0 Å². The zero-order valence-corrected chi connectivity index (χ0v) is 17.9. The van der Waals surface area contributed by atoms with Crippen molar-refractivity contribution in [3.05, 3.63) is 39.8 Å². The van der Waals surface area contributed by atoms with Crippen LogP contribution in [0.15, 0.2) is 28.7 Å². The number of halogens is 3. The number of ether oxygens (including phenoxy) is 1. The minimum Gasteiger partial charge on any atom is -0.379 e. The predicted molar refractivity (Wildman–Crippen MR) is 110 cm³/mol. The lowest BCUT2D eigenvalue weighted by atomic mass is 10.2. The van der Waals surface area contributed by atoms with Gasteiger partial charge in [-0.1, -0.05) is 6.07 Å². The molecular formula is C19H27F3N6OS. The first kappa shape index (κ1) is 22.6. The Morgan fingerprint density at radius 1 is 1.33 bits per heavy atom. The molecule has 11 heteroatoms. The van der Waals surface area contributed by atoms with Gasteiger partial charge in [-0.3, -0.25) is 9.58 Å². The van der Waals surface area contributed by atoms with Crippen LogP contribution >= 0.6 is 11.3 Å². The largest absolute Gasteiger partial charge is 0.435 e. The van der Waals surface area contributed by atoms with Crippen LogP contribution in [0.25, 0.3) is 0 Å². The van der Waals surface area contributed by atoms with Crippen molar-refractivity contribution in [3.8, 4) is 0 Å². The molecule has 2 aromatic rings. The second kappa shape index (κ2) is 10.3. The summed E-state index contributed by atoms with van der Waals surface area (Å²) >= 11 is 1.69. The van der Waals surface area contributed by atoms with Crippen molar-refractivity contribution in [2.75, 3.05) is 39.4 Å². The molecule has 7 nitrogen and oxygen atoms in total. The average molecular weight is 445 g/mol. The summed E-state index contributed by atoms with van der Waals surface area (Å²) in [5, 5.41) is 12.0.